The van der Waals surface area contributed by atoms with Gasteiger partial charge in [-0.05, 0) is 18.9 Å². The maximum Gasteiger partial charge on any atom is 0.0619 e. The summed E-state index contributed by atoms with van der Waals surface area (Å²) in [6.07, 6.45) is 2.39. The quantitative estimate of drug-likeness (QED) is 0.864. The van der Waals surface area contributed by atoms with Gasteiger partial charge in [-0.15, -0.1) is 11.3 Å². The summed E-state index contributed by atoms with van der Waals surface area (Å²) < 4.78 is 5.39. The summed E-state index contributed by atoms with van der Waals surface area (Å²) in [5, 5.41) is 6.29. The molecule has 78 valence electrons. The number of thiophene rings is 1. The van der Waals surface area contributed by atoms with E-state index in [-0.39, 0.29) is 0 Å². The summed E-state index contributed by atoms with van der Waals surface area (Å²) in [6.45, 7) is 2.67. The van der Waals surface area contributed by atoms with Gasteiger partial charge >= 0.3 is 0 Å². The monoisotopic (exact) mass is 231 g/mol. The second kappa shape index (κ2) is 5.12. The fourth-order valence-corrected chi connectivity index (χ4v) is 2.62. The minimum Gasteiger partial charge on any atom is -0.380 e. The molecule has 2 rings (SSSR count). The normalized spacial score (nSPS) is 22.5. The van der Waals surface area contributed by atoms with E-state index in [4.69, 9.17) is 16.3 Å². The van der Waals surface area contributed by atoms with Gasteiger partial charge < -0.3 is 10.1 Å². The molecule has 0 bridgehead atoms. The van der Waals surface area contributed by atoms with Crippen molar-refractivity contribution < 1.29 is 4.74 Å². The van der Waals surface area contributed by atoms with Gasteiger partial charge in [0.2, 0.25) is 0 Å². The average molecular weight is 232 g/mol. The second-order valence-electron chi connectivity index (χ2n) is 3.53. The number of hydrogen-bond donors (Lipinski definition) is 1. The first-order valence-corrected chi connectivity index (χ1v) is 6.14. The van der Waals surface area contributed by atoms with Crippen LogP contribution in [0, 0.1) is 0 Å². The lowest BCUT2D eigenvalue weighted by atomic mass is 10.1. The molecule has 0 saturated carbocycles. The molecule has 1 N–H and O–H groups in total. The fourth-order valence-electron chi connectivity index (χ4n) is 1.59. The zero-order valence-electron chi connectivity index (χ0n) is 7.96. The molecule has 2 heterocycles. The molecule has 1 aliphatic heterocycles. The van der Waals surface area contributed by atoms with Crippen molar-refractivity contribution in [2.45, 2.75) is 25.4 Å². The minimum atomic E-state index is 0.518. The van der Waals surface area contributed by atoms with Crippen molar-refractivity contribution in [3.8, 4) is 0 Å². The Balaban J connectivity index is 1.76. The van der Waals surface area contributed by atoms with Crippen LogP contribution in [-0.4, -0.2) is 19.3 Å². The highest BCUT2D eigenvalue weighted by Gasteiger charge is 2.12. The van der Waals surface area contributed by atoms with Crippen molar-refractivity contribution in [3.05, 3.63) is 21.3 Å². The largest absolute Gasteiger partial charge is 0.380 e. The van der Waals surface area contributed by atoms with Crippen LogP contribution < -0.4 is 5.32 Å². The molecule has 1 atom stereocenters. The van der Waals surface area contributed by atoms with Crippen molar-refractivity contribution in [2.24, 2.45) is 0 Å². The highest BCUT2D eigenvalue weighted by atomic mass is 35.5. The molecule has 1 aromatic rings. The van der Waals surface area contributed by atoms with E-state index in [1.54, 1.807) is 11.3 Å². The number of ether oxygens (including phenoxy) is 1. The Bertz CT molecular complexity index is 283. The molecule has 0 radical (unpaired) electrons. The van der Waals surface area contributed by atoms with Crippen molar-refractivity contribution in [2.75, 3.05) is 13.2 Å². The summed E-state index contributed by atoms with van der Waals surface area (Å²) in [7, 11) is 0. The molecule has 0 spiro atoms. The minimum absolute atomic E-state index is 0.518. The van der Waals surface area contributed by atoms with Crippen molar-refractivity contribution in [3.63, 3.8) is 0 Å². The molecule has 1 aromatic heterocycles. The molecule has 0 unspecified atom stereocenters. The van der Waals surface area contributed by atoms with Gasteiger partial charge in [0.1, 0.15) is 0 Å². The van der Waals surface area contributed by atoms with Crippen LogP contribution in [0.25, 0.3) is 0 Å². The third-order valence-corrected chi connectivity index (χ3v) is 3.63. The highest BCUT2D eigenvalue weighted by molar-refractivity contribution is 7.10. The Morgan fingerprint density at radius 2 is 2.57 bits per heavy atom. The summed E-state index contributed by atoms with van der Waals surface area (Å²) in [5.41, 5.74) is 0. The van der Waals surface area contributed by atoms with Gasteiger partial charge in [-0.3, -0.25) is 0 Å². The number of hydrogen-bond acceptors (Lipinski definition) is 3. The first-order valence-electron chi connectivity index (χ1n) is 4.88. The average Bonchev–Trinajstić information content (AvgIpc) is 2.63. The third-order valence-electron chi connectivity index (χ3n) is 2.35. The summed E-state index contributed by atoms with van der Waals surface area (Å²) in [5.74, 6) is 0. The molecule has 0 aromatic carbocycles. The second-order valence-corrected chi connectivity index (χ2v) is 4.96. The van der Waals surface area contributed by atoms with Crippen LogP contribution in [-0.2, 0) is 11.3 Å². The van der Waals surface area contributed by atoms with Crippen LogP contribution in [0.15, 0.2) is 11.4 Å². The zero-order chi connectivity index (χ0) is 9.80. The first kappa shape index (κ1) is 10.4. The van der Waals surface area contributed by atoms with Crippen LogP contribution in [0.3, 0.4) is 0 Å². The molecule has 0 aliphatic carbocycles. The van der Waals surface area contributed by atoms with Gasteiger partial charge in [0.15, 0.2) is 0 Å². The van der Waals surface area contributed by atoms with E-state index >= 15 is 0 Å². The van der Waals surface area contributed by atoms with Gasteiger partial charge in [-0.25, -0.2) is 0 Å². The van der Waals surface area contributed by atoms with Gasteiger partial charge in [-0.2, -0.15) is 0 Å². The van der Waals surface area contributed by atoms with Crippen LogP contribution in [0.5, 0.6) is 0 Å². The predicted octanol–water partition coefficient (Wildman–Crippen LogP) is 2.67. The molecule has 4 heteroatoms. The third kappa shape index (κ3) is 2.95. The Kier molecular flexibility index (Phi) is 3.81. The maximum absolute atomic E-state index is 5.84. The maximum atomic E-state index is 5.84. The van der Waals surface area contributed by atoms with E-state index in [9.17, 15) is 0 Å². The van der Waals surface area contributed by atoms with Crippen molar-refractivity contribution in [1.82, 2.24) is 5.32 Å². The van der Waals surface area contributed by atoms with E-state index in [2.05, 4.69) is 5.32 Å². The molecule has 1 fully saturated rings. The van der Waals surface area contributed by atoms with E-state index in [1.165, 1.54) is 17.7 Å². The van der Waals surface area contributed by atoms with Gasteiger partial charge in [0.05, 0.1) is 11.6 Å². The van der Waals surface area contributed by atoms with E-state index in [1.807, 2.05) is 11.4 Å². The molecule has 0 amide bonds. The van der Waals surface area contributed by atoms with Crippen LogP contribution in [0.2, 0.25) is 5.02 Å². The summed E-state index contributed by atoms with van der Waals surface area (Å²) in [4.78, 5) is 1.29. The topological polar surface area (TPSA) is 21.3 Å². The molecule has 1 aliphatic rings. The van der Waals surface area contributed by atoms with Crippen molar-refractivity contribution in [1.29, 1.82) is 0 Å². The molecular weight excluding hydrogens is 218 g/mol. The molecule has 1 saturated heterocycles. The molecule has 2 nitrogen and oxygen atoms in total. The first-order chi connectivity index (χ1) is 6.84. The van der Waals surface area contributed by atoms with Crippen LogP contribution >= 0.6 is 22.9 Å². The summed E-state index contributed by atoms with van der Waals surface area (Å²) in [6, 6.07) is 2.53. The van der Waals surface area contributed by atoms with Crippen LogP contribution in [0.1, 0.15) is 17.7 Å². The SMILES string of the molecule is Clc1csc(CN[C@H]2CCCOC2)c1. The lowest BCUT2D eigenvalue weighted by Crippen LogP contribution is -2.36. The van der Waals surface area contributed by atoms with Gasteiger partial charge in [-0.1, -0.05) is 11.6 Å². The lowest BCUT2D eigenvalue weighted by molar-refractivity contribution is 0.0700. The summed E-state index contributed by atoms with van der Waals surface area (Å²) >= 11 is 7.54. The Morgan fingerprint density at radius 3 is 3.21 bits per heavy atom. The zero-order valence-corrected chi connectivity index (χ0v) is 9.53. The highest BCUT2D eigenvalue weighted by Crippen LogP contribution is 2.19. The van der Waals surface area contributed by atoms with E-state index < -0.39 is 0 Å². The molecular formula is C10H14ClNOS. The Labute approximate surface area is 93.2 Å². The number of rotatable bonds is 3. The Hall–Kier alpha value is -0.0900. The van der Waals surface area contributed by atoms with E-state index in [0.717, 1.165) is 24.8 Å². The van der Waals surface area contributed by atoms with E-state index in [0.29, 0.717) is 6.04 Å². The van der Waals surface area contributed by atoms with Gasteiger partial charge in [0, 0.05) is 29.5 Å². The predicted molar refractivity (Wildman–Crippen MR) is 60.0 cm³/mol. The lowest BCUT2D eigenvalue weighted by Gasteiger charge is -2.22. The molecule has 14 heavy (non-hydrogen) atoms. The van der Waals surface area contributed by atoms with Gasteiger partial charge in [0.25, 0.3) is 0 Å². The smallest absolute Gasteiger partial charge is 0.0619 e. The Morgan fingerprint density at radius 1 is 1.64 bits per heavy atom. The number of halogens is 1. The fraction of sp³-hybridized carbons (Fsp3) is 0.600. The standard InChI is InChI=1S/C10H14ClNOS/c11-8-4-10(14-7-8)5-12-9-2-1-3-13-6-9/h4,7,9,12H,1-3,5-6H2/t9-/m0/s1. The van der Waals surface area contributed by atoms with Crippen molar-refractivity contribution >= 4 is 22.9 Å². The van der Waals surface area contributed by atoms with Crippen LogP contribution in [0.4, 0.5) is 0 Å². The number of nitrogens with one attached hydrogen (secondary N) is 1.